The van der Waals surface area contributed by atoms with Crippen LogP contribution in [0, 0.1) is 0 Å². The number of urea groups is 1. The predicted molar refractivity (Wildman–Crippen MR) is 95.7 cm³/mol. The van der Waals surface area contributed by atoms with Crippen LogP contribution < -0.4 is 5.32 Å². The minimum Gasteiger partial charge on any atom is -0.339 e. The van der Waals surface area contributed by atoms with E-state index < -0.39 is 11.6 Å². The second kappa shape index (κ2) is 7.06. The van der Waals surface area contributed by atoms with Crippen molar-refractivity contribution in [2.24, 2.45) is 0 Å². The van der Waals surface area contributed by atoms with E-state index in [1.807, 2.05) is 11.4 Å². The number of amides is 5. The van der Waals surface area contributed by atoms with Crippen LogP contribution in [-0.2, 0) is 9.59 Å². The Kier molecular flexibility index (Phi) is 4.99. The minimum absolute atomic E-state index is 0.00587. The van der Waals surface area contributed by atoms with E-state index in [1.165, 1.54) is 11.3 Å². The fraction of sp³-hybridized carbons (Fsp3) is 0.529. The lowest BCUT2D eigenvalue weighted by molar-refractivity contribution is -0.134. The molecule has 3 heterocycles. The zero-order valence-corrected chi connectivity index (χ0v) is 15.7. The van der Waals surface area contributed by atoms with E-state index in [4.69, 9.17) is 0 Å². The number of hydrogen-bond donors (Lipinski definition) is 1. The Labute approximate surface area is 155 Å². The van der Waals surface area contributed by atoms with E-state index in [0.717, 1.165) is 4.90 Å². The second-order valence-corrected chi connectivity index (χ2v) is 7.86. The molecule has 3 rings (SSSR count). The fourth-order valence-corrected chi connectivity index (χ4v) is 3.79. The highest BCUT2D eigenvalue weighted by molar-refractivity contribution is 7.12. The summed E-state index contributed by atoms with van der Waals surface area (Å²) in [7, 11) is 0. The van der Waals surface area contributed by atoms with Gasteiger partial charge in [-0.3, -0.25) is 19.3 Å². The summed E-state index contributed by atoms with van der Waals surface area (Å²) in [5, 5.41) is 4.46. The van der Waals surface area contributed by atoms with Gasteiger partial charge < -0.3 is 15.1 Å². The largest absolute Gasteiger partial charge is 0.339 e. The monoisotopic (exact) mass is 378 g/mol. The summed E-state index contributed by atoms with van der Waals surface area (Å²) in [6.45, 7) is 5.24. The first-order chi connectivity index (χ1) is 12.3. The van der Waals surface area contributed by atoms with Crippen molar-refractivity contribution in [2.75, 3.05) is 32.7 Å². The van der Waals surface area contributed by atoms with Gasteiger partial charge in [0.1, 0.15) is 5.54 Å². The van der Waals surface area contributed by atoms with Crippen molar-refractivity contribution < 1.29 is 19.2 Å². The van der Waals surface area contributed by atoms with Gasteiger partial charge in [0.05, 0.1) is 4.88 Å². The molecule has 1 aromatic heterocycles. The lowest BCUT2D eigenvalue weighted by Gasteiger charge is -2.34. The Morgan fingerprint density at radius 3 is 2.35 bits per heavy atom. The summed E-state index contributed by atoms with van der Waals surface area (Å²) in [5.74, 6) is -0.436. The van der Waals surface area contributed by atoms with E-state index in [2.05, 4.69) is 5.32 Å². The van der Waals surface area contributed by atoms with Crippen molar-refractivity contribution in [1.82, 2.24) is 20.0 Å². The van der Waals surface area contributed by atoms with Crippen molar-refractivity contribution in [1.29, 1.82) is 0 Å². The normalized spacial score (nSPS) is 19.7. The van der Waals surface area contributed by atoms with Crippen molar-refractivity contribution in [3.63, 3.8) is 0 Å². The molecule has 140 valence electrons. The lowest BCUT2D eigenvalue weighted by Crippen LogP contribution is -2.51. The maximum absolute atomic E-state index is 12.4. The van der Waals surface area contributed by atoms with E-state index in [-0.39, 0.29) is 30.7 Å². The molecule has 0 spiro atoms. The molecule has 2 aliphatic heterocycles. The van der Waals surface area contributed by atoms with Gasteiger partial charge >= 0.3 is 6.03 Å². The Hall–Kier alpha value is -2.42. The molecule has 1 aromatic rings. The number of nitrogens with zero attached hydrogens (tertiary/aromatic N) is 3. The van der Waals surface area contributed by atoms with Gasteiger partial charge in [-0.2, -0.15) is 0 Å². The van der Waals surface area contributed by atoms with Crippen molar-refractivity contribution in [3.05, 3.63) is 22.4 Å². The fourth-order valence-electron chi connectivity index (χ4n) is 3.10. The molecule has 5 amide bonds. The van der Waals surface area contributed by atoms with Gasteiger partial charge in [0, 0.05) is 39.1 Å². The molecule has 0 aromatic carbocycles. The summed E-state index contributed by atoms with van der Waals surface area (Å²) in [6, 6.07) is 3.18. The van der Waals surface area contributed by atoms with Crippen LogP contribution in [0.4, 0.5) is 4.79 Å². The molecule has 8 nitrogen and oxygen atoms in total. The van der Waals surface area contributed by atoms with E-state index in [9.17, 15) is 19.2 Å². The van der Waals surface area contributed by atoms with Gasteiger partial charge in [0.2, 0.25) is 5.91 Å². The van der Waals surface area contributed by atoms with Crippen LogP contribution in [0.2, 0.25) is 0 Å². The average Bonchev–Trinajstić information content (AvgIpc) is 3.20. The second-order valence-electron chi connectivity index (χ2n) is 6.91. The van der Waals surface area contributed by atoms with Gasteiger partial charge in [-0.15, -0.1) is 11.3 Å². The summed E-state index contributed by atoms with van der Waals surface area (Å²) in [6.07, 6.45) is 0.0914. The highest BCUT2D eigenvalue weighted by Crippen LogP contribution is 2.18. The zero-order chi connectivity index (χ0) is 18.9. The van der Waals surface area contributed by atoms with Gasteiger partial charge in [-0.1, -0.05) is 6.07 Å². The molecule has 0 radical (unpaired) electrons. The third-order valence-corrected chi connectivity index (χ3v) is 5.50. The SMILES string of the molecule is CC1(C)NC(=O)N(CCC(=O)N2CCN(C(=O)c3cccs3)CC2)C1=O. The van der Waals surface area contributed by atoms with E-state index >= 15 is 0 Å². The number of piperazine rings is 1. The molecule has 1 N–H and O–H groups in total. The van der Waals surface area contributed by atoms with Crippen LogP contribution >= 0.6 is 11.3 Å². The lowest BCUT2D eigenvalue weighted by atomic mass is 10.1. The van der Waals surface area contributed by atoms with Crippen molar-refractivity contribution >= 4 is 35.1 Å². The number of rotatable bonds is 4. The van der Waals surface area contributed by atoms with E-state index in [1.54, 1.807) is 29.7 Å². The molecule has 2 aliphatic rings. The summed E-state index contributed by atoms with van der Waals surface area (Å²) >= 11 is 1.41. The van der Waals surface area contributed by atoms with Crippen LogP contribution in [0.15, 0.2) is 17.5 Å². The van der Waals surface area contributed by atoms with Crippen molar-refractivity contribution in [2.45, 2.75) is 25.8 Å². The number of carbonyl (C=O) groups is 4. The molecule has 0 bridgehead atoms. The standard InChI is InChI=1S/C17H22N4O4S/c1-17(2)15(24)21(16(25)18-17)6-5-13(22)19-7-9-20(10-8-19)14(23)12-4-3-11-26-12/h3-4,11H,5-10H2,1-2H3,(H,18,25). The number of hydrogen-bond acceptors (Lipinski definition) is 5. The Morgan fingerprint density at radius 1 is 1.15 bits per heavy atom. The molecule has 0 aliphatic carbocycles. The van der Waals surface area contributed by atoms with E-state index in [0.29, 0.717) is 31.1 Å². The highest BCUT2D eigenvalue weighted by Gasteiger charge is 2.44. The van der Waals surface area contributed by atoms with Crippen LogP contribution in [0.3, 0.4) is 0 Å². The molecule has 0 unspecified atom stereocenters. The quantitative estimate of drug-likeness (QED) is 0.783. The first-order valence-electron chi connectivity index (χ1n) is 8.54. The molecule has 2 saturated heterocycles. The molecule has 0 atom stereocenters. The first kappa shape index (κ1) is 18.4. The topological polar surface area (TPSA) is 90.0 Å². The van der Waals surface area contributed by atoms with Gasteiger partial charge in [0.15, 0.2) is 0 Å². The maximum atomic E-state index is 12.4. The molecule has 26 heavy (non-hydrogen) atoms. The Bertz CT molecular complexity index is 723. The molecular weight excluding hydrogens is 356 g/mol. The Balaban J connectivity index is 1.48. The predicted octanol–water partition coefficient (Wildman–Crippen LogP) is 0.753. The number of imide groups is 1. The average molecular weight is 378 g/mol. The summed E-state index contributed by atoms with van der Waals surface area (Å²) in [4.78, 5) is 53.9. The number of thiophene rings is 1. The number of carbonyl (C=O) groups excluding carboxylic acids is 4. The third kappa shape index (κ3) is 3.57. The number of nitrogens with one attached hydrogen (secondary N) is 1. The third-order valence-electron chi connectivity index (χ3n) is 4.65. The molecule has 9 heteroatoms. The molecular formula is C17H22N4O4S. The Morgan fingerprint density at radius 2 is 1.81 bits per heavy atom. The van der Waals surface area contributed by atoms with Crippen LogP contribution in [0.5, 0.6) is 0 Å². The van der Waals surface area contributed by atoms with Crippen molar-refractivity contribution in [3.8, 4) is 0 Å². The van der Waals surface area contributed by atoms with Crippen LogP contribution in [0.1, 0.15) is 29.9 Å². The molecule has 0 saturated carbocycles. The molecule has 2 fully saturated rings. The minimum atomic E-state index is -0.923. The van der Waals surface area contributed by atoms with Crippen LogP contribution in [-0.4, -0.2) is 76.7 Å². The van der Waals surface area contributed by atoms with Gasteiger partial charge in [0.25, 0.3) is 11.8 Å². The highest BCUT2D eigenvalue weighted by atomic mass is 32.1. The zero-order valence-electron chi connectivity index (χ0n) is 14.9. The van der Waals surface area contributed by atoms with Gasteiger partial charge in [-0.25, -0.2) is 4.79 Å². The smallest absolute Gasteiger partial charge is 0.325 e. The van der Waals surface area contributed by atoms with Gasteiger partial charge in [-0.05, 0) is 25.3 Å². The van der Waals surface area contributed by atoms with Crippen LogP contribution in [0.25, 0.3) is 0 Å². The maximum Gasteiger partial charge on any atom is 0.325 e. The first-order valence-corrected chi connectivity index (χ1v) is 9.42. The summed E-state index contributed by atoms with van der Waals surface area (Å²) in [5.41, 5.74) is -0.923. The summed E-state index contributed by atoms with van der Waals surface area (Å²) < 4.78 is 0.